The number of aliphatic carboxylic acids is 1. The first-order valence-electron chi connectivity index (χ1n) is 3.81. The molecule has 1 amide bonds. The van der Waals surface area contributed by atoms with E-state index in [9.17, 15) is 18.4 Å². The van der Waals surface area contributed by atoms with Gasteiger partial charge in [-0.3, -0.25) is 4.90 Å². The Morgan fingerprint density at radius 3 is 2.14 bits per heavy atom. The molecule has 0 unspecified atom stereocenters. The molecule has 0 aromatic carbocycles. The fourth-order valence-electron chi connectivity index (χ4n) is 1.53. The Morgan fingerprint density at radius 2 is 1.86 bits per heavy atom. The number of carboxylic acid groups (broad SMARTS) is 2. The number of carboxylic acids is 1. The quantitative estimate of drug-likeness (QED) is 0.671. The zero-order valence-corrected chi connectivity index (χ0v) is 7.33. The molecule has 0 aromatic rings. The lowest BCUT2D eigenvalue weighted by Crippen LogP contribution is -2.50. The van der Waals surface area contributed by atoms with Gasteiger partial charge in [0.25, 0.3) is 5.92 Å². The van der Waals surface area contributed by atoms with Crippen LogP contribution in [0, 0.1) is 0 Å². The predicted octanol–water partition coefficient (Wildman–Crippen LogP) is 0.849. The van der Waals surface area contributed by atoms with Gasteiger partial charge in [-0.25, -0.2) is 18.4 Å². The third-order valence-electron chi connectivity index (χ3n) is 2.28. The van der Waals surface area contributed by atoms with Gasteiger partial charge in [0, 0.05) is 6.42 Å². The van der Waals surface area contributed by atoms with Gasteiger partial charge in [-0.2, -0.15) is 0 Å². The molecule has 0 saturated carbocycles. The van der Waals surface area contributed by atoms with Gasteiger partial charge in [-0.1, -0.05) is 0 Å². The normalized spacial score (nSPS) is 30.4. The summed E-state index contributed by atoms with van der Waals surface area (Å²) in [6, 6.07) is 0. The molecule has 7 heteroatoms. The molecule has 0 bridgehead atoms. The number of likely N-dealkylation sites (tertiary alicyclic amines) is 1. The maximum atomic E-state index is 12.8. The Balaban J connectivity index is 3.05. The smallest absolute Gasteiger partial charge is 0.408 e. The van der Waals surface area contributed by atoms with E-state index in [-0.39, 0.29) is 4.90 Å². The van der Waals surface area contributed by atoms with Crippen molar-refractivity contribution in [1.82, 2.24) is 4.90 Å². The van der Waals surface area contributed by atoms with Crippen LogP contribution in [0.15, 0.2) is 0 Å². The highest BCUT2D eigenvalue weighted by Gasteiger charge is 2.58. The van der Waals surface area contributed by atoms with E-state index < -0.39 is 36.5 Å². The average molecular weight is 209 g/mol. The summed E-state index contributed by atoms with van der Waals surface area (Å²) in [5.74, 6) is -4.83. The lowest BCUT2D eigenvalue weighted by atomic mass is 9.98. The molecule has 1 heterocycles. The third-order valence-corrected chi connectivity index (χ3v) is 2.28. The lowest BCUT2D eigenvalue weighted by Gasteiger charge is -2.27. The zero-order valence-electron chi connectivity index (χ0n) is 7.33. The number of nitrogens with zero attached hydrogens (tertiary/aromatic N) is 1. The summed E-state index contributed by atoms with van der Waals surface area (Å²) in [4.78, 5) is 21.5. The van der Waals surface area contributed by atoms with Crippen LogP contribution in [0.3, 0.4) is 0 Å². The summed E-state index contributed by atoms with van der Waals surface area (Å²) in [6.45, 7) is -0.0878. The SMILES string of the molecule is C[C@@]1(C(=O)O)CC(F)(F)CN1C(=O)O. The summed E-state index contributed by atoms with van der Waals surface area (Å²) in [6.07, 6.45) is -2.63. The highest BCUT2D eigenvalue weighted by atomic mass is 19.3. The summed E-state index contributed by atoms with van der Waals surface area (Å²) < 4.78 is 25.7. The van der Waals surface area contributed by atoms with Crippen LogP contribution in [0.1, 0.15) is 13.3 Å². The Labute approximate surface area is 77.9 Å². The number of rotatable bonds is 1. The van der Waals surface area contributed by atoms with E-state index in [1.165, 1.54) is 0 Å². The van der Waals surface area contributed by atoms with E-state index in [1.54, 1.807) is 0 Å². The minimum Gasteiger partial charge on any atom is -0.480 e. The van der Waals surface area contributed by atoms with Gasteiger partial charge in [0.2, 0.25) is 0 Å². The topological polar surface area (TPSA) is 77.8 Å². The van der Waals surface area contributed by atoms with Crippen LogP contribution in [0.25, 0.3) is 0 Å². The Bertz CT molecular complexity index is 293. The molecule has 1 atom stereocenters. The van der Waals surface area contributed by atoms with Crippen LogP contribution in [-0.4, -0.2) is 45.2 Å². The minimum absolute atomic E-state index is 0.259. The summed E-state index contributed by atoms with van der Waals surface area (Å²) >= 11 is 0. The molecule has 1 aliphatic heterocycles. The van der Waals surface area contributed by atoms with Gasteiger partial charge in [-0.15, -0.1) is 0 Å². The second-order valence-corrected chi connectivity index (χ2v) is 3.48. The van der Waals surface area contributed by atoms with E-state index >= 15 is 0 Å². The summed E-state index contributed by atoms with van der Waals surface area (Å²) in [5, 5.41) is 17.2. The molecule has 0 radical (unpaired) electrons. The molecule has 0 aliphatic carbocycles. The second kappa shape index (κ2) is 2.79. The molecule has 1 saturated heterocycles. The number of hydrogen-bond acceptors (Lipinski definition) is 2. The average Bonchev–Trinajstić information content (AvgIpc) is 2.22. The van der Waals surface area contributed by atoms with Gasteiger partial charge in [-0.05, 0) is 6.92 Å². The van der Waals surface area contributed by atoms with Crippen molar-refractivity contribution >= 4 is 12.1 Å². The molecule has 14 heavy (non-hydrogen) atoms. The first-order chi connectivity index (χ1) is 6.19. The molecule has 5 nitrogen and oxygen atoms in total. The van der Waals surface area contributed by atoms with Crippen molar-refractivity contribution in [2.45, 2.75) is 24.8 Å². The molecule has 1 fully saturated rings. The largest absolute Gasteiger partial charge is 0.480 e. The highest BCUT2D eigenvalue weighted by Crippen LogP contribution is 2.39. The van der Waals surface area contributed by atoms with Crippen molar-refractivity contribution in [1.29, 1.82) is 0 Å². The molecular formula is C7H9F2NO4. The van der Waals surface area contributed by atoms with Crippen molar-refractivity contribution in [3.63, 3.8) is 0 Å². The summed E-state index contributed by atoms with van der Waals surface area (Å²) in [7, 11) is 0. The monoisotopic (exact) mass is 209 g/mol. The maximum absolute atomic E-state index is 12.8. The minimum atomic E-state index is -3.27. The maximum Gasteiger partial charge on any atom is 0.408 e. The van der Waals surface area contributed by atoms with Crippen molar-refractivity contribution in [3.05, 3.63) is 0 Å². The standard InChI is InChI=1S/C7H9F2NO4/c1-6(4(11)12)2-7(8,9)3-10(6)5(13)14/h2-3H2,1H3,(H,11,12)(H,13,14)/t6-/m0/s1. The van der Waals surface area contributed by atoms with Gasteiger partial charge in [0.15, 0.2) is 0 Å². The van der Waals surface area contributed by atoms with Gasteiger partial charge in [0.1, 0.15) is 5.54 Å². The van der Waals surface area contributed by atoms with E-state index in [1.807, 2.05) is 0 Å². The van der Waals surface area contributed by atoms with Gasteiger partial charge in [0.05, 0.1) is 6.54 Å². The van der Waals surface area contributed by atoms with Crippen LogP contribution in [0.5, 0.6) is 0 Å². The molecule has 0 aromatic heterocycles. The Morgan fingerprint density at radius 1 is 1.36 bits per heavy atom. The number of amides is 1. The fourth-order valence-corrected chi connectivity index (χ4v) is 1.53. The van der Waals surface area contributed by atoms with E-state index in [2.05, 4.69) is 0 Å². The van der Waals surface area contributed by atoms with Crippen molar-refractivity contribution in [2.75, 3.05) is 6.54 Å². The van der Waals surface area contributed by atoms with Crippen LogP contribution in [-0.2, 0) is 4.79 Å². The molecule has 1 aliphatic rings. The molecule has 1 rings (SSSR count). The lowest BCUT2D eigenvalue weighted by molar-refractivity contribution is -0.148. The van der Waals surface area contributed by atoms with Crippen molar-refractivity contribution < 1.29 is 28.6 Å². The second-order valence-electron chi connectivity index (χ2n) is 3.48. The van der Waals surface area contributed by atoms with Gasteiger partial charge >= 0.3 is 12.1 Å². The predicted molar refractivity (Wildman–Crippen MR) is 40.3 cm³/mol. The van der Waals surface area contributed by atoms with Gasteiger partial charge < -0.3 is 10.2 Å². The first kappa shape index (κ1) is 10.7. The third kappa shape index (κ3) is 1.49. The van der Waals surface area contributed by atoms with Crippen molar-refractivity contribution in [2.24, 2.45) is 0 Å². The number of carbonyl (C=O) groups is 2. The molecule has 2 N–H and O–H groups in total. The Kier molecular flexibility index (Phi) is 2.13. The Hall–Kier alpha value is -1.40. The summed E-state index contributed by atoms with van der Waals surface area (Å²) in [5.41, 5.74) is -2.03. The fraction of sp³-hybridized carbons (Fsp3) is 0.714. The van der Waals surface area contributed by atoms with Crippen molar-refractivity contribution in [3.8, 4) is 0 Å². The number of hydrogen-bond donors (Lipinski definition) is 2. The van der Waals surface area contributed by atoms with Crippen LogP contribution < -0.4 is 0 Å². The first-order valence-corrected chi connectivity index (χ1v) is 3.81. The van der Waals surface area contributed by atoms with Crippen LogP contribution in [0.4, 0.5) is 13.6 Å². The van der Waals surface area contributed by atoms with E-state index in [0.717, 1.165) is 6.92 Å². The molecule has 80 valence electrons. The molecule has 0 spiro atoms. The number of alkyl halides is 2. The molecular weight excluding hydrogens is 200 g/mol. The highest BCUT2D eigenvalue weighted by molar-refractivity contribution is 5.84. The van der Waals surface area contributed by atoms with E-state index in [4.69, 9.17) is 10.2 Å². The number of halogens is 2. The van der Waals surface area contributed by atoms with E-state index in [0.29, 0.717) is 0 Å². The zero-order chi connectivity index (χ0) is 11.1. The van der Waals surface area contributed by atoms with Crippen LogP contribution >= 0.6 is 0 Å². The van der Waals surface area contributed by atoms with Crippen LogP contribution in [0.2, 0.25) is 0 Å².